The predicted octanol–water partition coefficient (Wildman–Crippen LogP) is 1.48. The molecule has 0 unspecified atom stereocenters. The summed E-state index contributed by atoms with van der Waals surface area (Å²) in [5.41, 5.74) is 1.93. The minimum absolute atomic E-state index is 0.00561. The topological polar surface area (TPSA) is 49.4 Å². The molecule has 18 heavy (non-hydrogen) atoms. The van der Waals surface area contributed by atoms with E-state index < -0.39 is 0 Å². The van der Waals surface area contributed by atoms with Crippen LogP contribution >= 0.6 is 0 Å². The number of benzene rings is 1. The molecule has 0 spiro atoms. The van der Waals surface area contributed by atoms with Gasteiger partial charge in [0.15, 0.2) is 0 Å². The first-order chi connectivity index (χ1) is 8.66. The normalized spacial score (nSPS) is 25.6. The molecule has 94 valence electrons. The molecule has 0 radical (unpaired) electrons. The molecule has 0 aromatic heterocycles. The summed E-state index contributed by atoms with van der Waals surface area (Å²) in [7, 11) is 0. The lowest BCUT2D eigenvalue weighted by Gasteiger charge is -2.35. The van der Waals surface area contributed by atoms with Crippen LogP contribution in [-0.4, -0.2) is 29.3 Å². The number of rotatable bonds is 1. The summed E-state index contributed by atoms with van der Waals surface area (Å²) in [5, 5.41) is 2.96. The number of fused-ring (bicyclic) bond motifs is 3. The van der Waals surface area contributed by atoms with Crippen molar-refractivity contribution in [1.82, 2.24) is 10.2 Å². The number of nitrogens with zero attached hydrogens (tertiary/aromatic N) is 1. The summed E-state index contributed by atoms with van der Waals surface area (Å²) in [5.74, 6) is 0.142. The molecule has 4 nitrogen and oxygen atoms in total. The van der Waals surface area contributed by atoms with Crippen molar-refractivity contribution in [2.24, 2.45) is 0 Å². The highest BCUT2D eigenvalue weighted by Crippen LogP contribution is 2.39. The van der Waals surface area contributed by atoms with Gasteiger partial charge < -0.3 is 10.2 Å². The zero-order valence-corrected chi connectivity index (χ0v) is 10.3. The molecule has 0 saturated carbocycles. The molecular formula is C14H16N2O2. The average molecular weight is 244 g/mol. The number of carbonyl (C=O) groups excluding carboxylic acids is 2. The van der Waals surface area contributed by atoms with Crippen molar-refractivity contribution < 1.29 is 9.59 Å². The van der Waals surface area contributed by atoms with Crippen LogP contribution < -0.4 is 5.32 Å². The molecule has 3 rings (SSSR count). The van der Waals surface area contributed by atoms with Crippen molar-refractivity contribution in [3.63, 3.8) is 0 Å². The molecule has 2 heterocycles. The zero-order chi connectivity index (χ0) is 12.7. The van der Waals surface area contributed by atoms with E-state index in [1.54, 1.807) is 6.92 Å². The quantitative estimate of drug-likeness (QED) is 0.813. The lowest BCUT2D eigenvalue weighted by molar-refractivity contribution is -0.120. The van der Waals surface area contributed by atoms with Crippen LogP contribution in [0.25, 0.3) is 0 Å². The van der Waals surface area contributed by atoms with Gasteiger partial charge in [0.05, 0.1) is 6.04 Å². The van der Waals surface area contributed by atoms with E-state index in [1.807, 2.05) is 29.2 Å². The number of amides is 2. The molecule has 1 saturated heterocycles. The highest BCUT2D eigenvalue weighted by atomic mass is 16.2. The van der Waals surface area contributed by atoms with Crippen molar-refractivity contribution >= 4 is 11.8 Å². The first-order valence-corrected chi connectivity index (χ1v) is 6.34. The standard InChI is InChI=1S/C14H16N2O2/c1-9(17)15-10-6-7-16-13(8-10)11-4-2-3-5-12(11)14(16)18/h2-5,10,13H,6-8H2,1H3,(H,15,17)/t10-,13+/m1/s1. The Morgan fingerprint density at radius 2 is 2.17 bits per heavy atom. The number of hydrogen-bond donors (Lipinski definition) is 1. The van der Waals surface area contributed by atoms with Gasteiger partial charge >= 0.3 is 0 Å². The second-order valence-corrected chi connectivity index (χ2v) is 5.02. The van der Waals surface area contributed by atoms with Gasteiger partial charge in [-0.3, -0.25) is 9.59 Å². The summed E-state index contributed by atoms with van der Waals surface area (Å²) in [6.07, 6.45) is 1.66. The molecule has 4 heteroatoms. The number of carbonyl (C=O) groups is 2. The Labute approximate surface area is 106 Å². The first kappa shape index (κ1) is 11.3. The molecule has 0 bridgehead atoms. The van der Waals surface area contributed by atoms with E-state index in [-0.39, 0.29) is 23.9 Å². The SMILES string of the molecule is CC(=O)N[C@@H]1CCN2C(=O)c3ccccc3[C@@H]2C1. The van der Waals surface area contributed by atoms with E-state index in [9.17, 15) is 9.59 Å². The summed E-state index contributed by atoms with van der Waals surface area (Å²) >= 11 is 0. The Morgan fingerprint density at radius 3 is 2.94 bits per heavy atom. The summed E-state index contributed by atoms with van der Waals surface area (Å²) in [4.78, 5) is 25.3. The molecule has 2 amide bonds. The van der Waals surface area contributed by atoms with Crippen molar-refractivity contribution in [3.05, 3.63) is 35.4 Å². The van der Waals surface area contributed by atoms with Crippen molar-refractivity contribution in [2.75, 3.05) is 6.54 Å². The lowest BCUT2D eigenvalue weighted by Crippen LogP contribution is -2.44. The van der Waals surface area contributed by atoms with E-state index in [0.717, 1.165) is 30.5 Å². The zero-order valence-electron chi connectivity index (χ0n) is 10.3. The Hall–Kier alpha value is -1.84. The van der Waals surface area contributed by atoms with Gasteiger partial charge in [0.25, 0.3) is 5.91 Å². The molecule has 1 N–H and O–H groups in total. The molecule has 2 atom stereocenters. The summed E-state index contributed by atoms with van der Waals surface area (Å²) in [6.45, 7) is 2.27. The largest absolute Gasteiger partial charge is 0.353 e. The van der Waals surface area contributed by atoms with Crippen LogP contribution in [0.15, 0.2) is 24.3 Å². The maximum absolute atomic E-state index is 12.2. The van der Waals surface area contributed by atoms with Crippen LogP contribution in [0.2, 0.25) is 0 Å². The highest BCUT2D eigenvalue weighted by molar-refractivity contribution is 5.99. The fraction of sp³-hybridized carbons (Fsp3) is 0.429. The maximum Gasteiger partial charge on any atom is 0.254 e. The second kappa shape index (κ2) is 4.12. The lowest BCUT2D eigenvalue weighted by atomic mass is 9.94. The van der Waals surface area contributed by atoms with Gasteiger partial charge in [0.2, 0.25) is 5.91 Å². The molecular weight excluding hydrogens is 228 g/mol. The third kappa shape index (κ3) is 1.68. The van der Waals surface area contributed by atoms with E-state index in [4.69, 9.17) is 0 Å². The fourth-order valence-corrected chi connectivity index (χ4v) is 3.06. The fourth-order valence-electron chi connectivity index (χ4n) is 3.06. The van der Waals surface area contributed by atoms with Crippen molar-refractivity contribution in [1.29, 1.82) is 0 Å². The van der Waals surface area contributed by atoms with E-state index in [2.05, 4.69) is 5.32 Å². The van der Waals surface area contributed by atoms with Crippen LogP contribution in [0.4, 0.5) is 0 Å². The Bertz CT molecular complexity index is 512. The third-order valence-electron chi connectivity index (χ3n) is 3.82. The van der Waals surface area contributed by atoms with Gasteiger partial charge in [-0.2, -0.15) is 0 Å². The van der Waals surface area contributed by atoms with E-state index in [0.29, 0.717) is 0 Å². The van der Waals surface area contributed by atoms with Crippen LogP contribution in [0.1, 0.15) is 41.7 Å². The minimum Gasteiger partial charge on any atom is -0.353 e. The van der Waals surface area contributed by atoms with Crippen LogP contribution in [-0.2, 0) is 4.79 Å². The summed E-state index contributed by atoms with van der Waals surface area (Å²) < 4.78 is 0. The van der Waals surface area contributed by atoms with E-state index >= 15 is 0 Å². The third-order valence-corrected chi connectivity index (χ3v) is 3.82. The maximum atomic E-state index is 12.2. The second-order valence-electron chi connectivity index (χ2n) is 5.02. The van der Waals surface area contributed by atoms with Gasteiger partial charge in [-0.15, -0.1) is 0 Å². The Balaban J connectivity index is 1.87. The molecule has 1 fully saturated rings. The predicted molar refractivity (Wildman–Crippen MR) is 67.1 cm³/mol. The van der Waals surface area contributed by atoms with Gasteiger partial charge in [0.1, 0.15) is 0 Å². The number of nitrogens with one attached hydrogen (secondary N) is 1. The van der Waals surface area contributed by atoms with Crippen molar-refractivity contribution in [3.8, 4) is 0 Å². The van der Waals surface area contributed by atoms with Gasteiger partial charge in [-0.25, -0.2) is 0 Å². The van der Waals surface area contributed by atoms with Gasteiger partial charge in [-0.05, 0) is 24.5 Å². The van der Waals surface area contributed by atoms with Gasteiger partial charge in [0, 0.05) is 25.1 Å². The van der Waals surface area contributed by atoms with Crippen LogP contribution in [0.3, 0.4) is 0 Å². The smallest absolute Gasteiger partial charge is 0.254 e. The first-order valence-electron chi connectivity index (χ1n) is 6.34. The van der Waals surface area contributed by atoms with E-state index in [1.165, 1.54) is 0 Å². The molecule has 1 aromatic rings. The molecule has 2 aliphatic rings. The van der Waals surface area contributed by atoms with Gasteiger partial charge in [-0.1, -0.05) is 18.2 Å². The molecule has 0 aliphatic carbocycles. The Morgan fingerprint density at radius 1 is 1.39 bits per heavy atom. The minimum atomic E-state index is 0.00561. The monoisotopic (exact) mass is 244 g/mol. The average Bonchev–Trinajstić information content (AvgIpc) is 2.63. The molecule has 2 aliphatic heterocycles. The summed E-state index contributed by atoms with van der Waals surface area (Å²) in [6, 6.07) is 8.11. The van der Waals surface area contributed by atoms with Crippen LogP contribution in [0, 0.1) is 0 Å². The Kier molecular flexibility index (Phi) is 2.58. The highest BCUT2D eigenvalue weighted by Gasteiger charge is 2.40. The van der Waals surface area contributed by atoms with Crippen LogP contribution in [0.5, 0.6) is 0 Å². The number of hydrogen-bond acceptors (Lipinski definition) is 2. The number of piperidine rings is 1. The van der Waals surface area contributed by atoms with Crippen molar-refractivity contribution in [2.45, 2.75) is 31.8 Å². The molecule has 1 aromatic carbocycles.